The molecule has 0 spiro atoms. The highest BCUT2D eigenvalue weighted by atomic mass is 16.6. The van der Waals surface area contributed by atoms with Crippen molar-refractivity contribution in [2.45, 2.75) is 199 Å². The van der Waals surface area contributed by atoms with Gasteiger partial charge in [0.2, 0.25) is 35.4 Å². The molecule has 0 radical (unpaired) electrons. The topological polar surface area (TPSA) is 245 Å². The molecule has 0 bridgehead atoms. The summed E-state index contributed by atoms with van der Waals surface area (Å²) in [6.45, 7) is 21.9. The van der Waals surface area contributed by atoms with Gasteiger partial charge in [-0.3, -0.25) is 33.7 Å². The molecule has 2 aromatic rings. The summed E-state index contributed by atoms with van der Waals surface area (Å²) in [6.07, 6.45) is -5.08. The van der Waals surface area contributed by atoms with Gasteiger partial charge in [0.1, 0.15) is 47.5 Å². The van der Waals surface area contributed by atoms with Crippen LogP contribution in [0.2, 0.25) is 0 Å². The molecule has 3 saturated heterocycles. The number of hydrogen-bond donors (Lipinski definition) is 4. The Morgan fingerprint density at radius 3 is 1.69 bits per heavy atom. The van der Waals surface area contributed by atoms with Crippen molar-refractivity contribution in [3.8, 4) is 11.1 Å². The van der Waals surface area contributed by atoms with E-state index >= 15 is 0 Å². The van der Waals surface area contributed by atoms with E-state index in [2.05, 4.69) is 16.0 Å². The second-order valence-corrected chi connectivity index (χ2v) is 23.8. The van der Waals surface area contributed by atoms with Gasteiger partial charge in [-0.25, -0.2) is 9.59 Å². The van der Waals surface area contributed by atoms with Crippen molar-refractivity contribution in [2.24, 2.45) is 5.73 Å². The van der Waals surface area contributed by atoms with E-state index in [1.54, 1.807) is 20.8 Å². The zero-order valence-electron chi connectivity index (χ0n) is 47.3. The van der Waals surface area contributed by atoms with E-state index in [4.69, 9.17) is 27.4 Å². The quantitative estimate of drug-likeness (QED) is 0.165. The Hall–Kier alpha value is -6.08. The van der Waals surface area contributed by atoms with Crippen LogP contribution in [0.1, 0.15) is 148 Å². The van der Waals surface area contributed by atoms with Crippen LogP contribution in [0.15, 0.2) is 48.5 Å². The molecule has 0 aromatic heterocycles. The molecule has 19 heteroatoms. The van der Waals surface area contributed by atoms with Gasteiger partial charge >= 0.3 is 12.1 Å². The van der Waals surface area contributed by atoms with Crippen LogP contribution < -0.4 is 21.7 Å². The van der Waals surface area contributed by atoms with Gasteiger partial charge in [-0.1, -0.05) is 48.5 Å². The maximum Gasteiger partial charge on any atom is 0.410 e. The number of carbonyl (C=O) groups is 8. The third-order valence-corrected chi connectivity index (χ3v) is 13.2. The lowest BCUT2D eigenvalue weighted by Crippen LogP contribution is -2.64. The first-order valence-corrected chi connectivity index (χ1v) is 25.5. The van der Waals surface area contributed by atoms with Gasteiger partial charge in [0.25, 0.3) is 0 Å². The maximum atomic E-state index is 14.8. The molecule has 406 valence electrons. The monoisotopic (exact) mass is 1030 g/mol. The fourth-order valence-corrected chi connectivity index (χ4v) is 10.3. The Morgan fingerprint density at radius 2 is 1.16 bits per heavy atom. The maximum absolute atomic E-state index is 14.8. The second kappa shape index (κ2) is 22.0. The van der Waals surface area contributed by atoms with Crippen molar-refractivity contribution in [3.05, 3.63) is 59.7 Å². The number of benzene rings is 2. The van der Waals surface area contributed by atoms with Gasteiger partial charge in [-0.05, 0) is 132 Å². The first-order valence-electron chi connectivity index (χ1n) is 26.5. The van der Waals surface area contributed by atoms with Crippen LogP contribution in [-0.4, -0.2) is 153 Å². The zero-order chi connectivity index (χ0) is 56.7. The number of rotatable bonds is 16. The summed E-state index contributed by atoms with van der Waals surface area (Å²) in [5, 5.41) is 7.98. The Balaban J connectivity index is 1.21. The molecule has 2 aromatic carbocycles. The number of nitrogens with zero attached hydrogens (tertiary/aromatic N) is 3. The number of fused-ring (bicyclic) bond motifs is 3. The van der Waals surface area contributed by atoms with Crippen LogP contribution in [-0.2, 0) is 52.5 Å². The van der Waals surface area contributed by atoms with E-state index in [0.717, 1.165) is 22.3 Å². The van der Waals surface area contributed by atoms with Crippen molar-refractivity contribution in [2.75, 3.05) is 26.2 Å². The molecular formula is C55H79N7O12. The van der Waals surface area contributed by atoms with Gasteiger partial charge < -0.3 is 50.4 Å². The molecule has 0 saturated carbocycles. The summed E-state index contributed by atoms with van der Waals surface area (Å²) >= 11 is 0. The Morgan fingerprint density at radius 1 is 0.662 bits per heavy atom. The predicted molar refractivity (Wildman–Crippen MR) is 275 cm³/mol. The molecule has 0 unspecified atom stereocenters. The van der Waals surface area contributed by atoms with Gasteiger partial charge in [0.05, 0.1) is 30.0 Å². The smallest absolute Gasteiger partial charge is 0.410 e. The first-order chi connectivity index (χ1) is 35.0. The minimum atomic E-state index is -2.86. The fraction of sp³-hybridized carbons (Fsp3) is 0.636. The molecule has 3 fully saturated rings. The molecule has 74 heavy (non-hydrogen) atoms. The van der Waals surface area contributed by atoms with Crippen molar-refractivity contribution in [1.82, 2.24) is 30.7 Å². The summed E-state index contributed by atoms with van der Waals surface area (Å²) in [5.74, 6) is -6.23. The molecule has 7 amide bonds. The zero-order valence-corrected chi connectivity index (χ0v) is 45.3. The Labute approximate surface area is 438 Å². The van der Waals surface area contributed by atoms with E-state index in [1.807, 2.05) is 90.1 Å². The largest absolute Gasteiger partial charge is 0.458 e. The molecule has 1 aliphatic carbocycles. The van der Waals surface area contributed by atoms with Crippen LogP contribution in [0.4, 0.5) is 4.79 Å². The van der Waals surface area contributed by atoms with Gasteiger partial charge in [0, 0.05) is 41.0 Å². The van der Waals surface area contributed by atoms with Gasteiger partial charge in [-0.2, -0.15) is 0 Å². The summed E-state index contributed by atoms with van der Waals surface area (Å²) in [5.41, 5.74) is 3.83. The van der Waals surface area contributed by atoms with Crippen LogP contribution in [0, 0.1) is 0 Å². The second-order valence-electron chi connectivity index (χ2n) is 23.8. The van der Waals surface area contributed by atoms with Crippen molar-refractivity contribution in [1.29, 1.82) is 0 Å². The third-order valence-electron chi connectivity index (χ3n) is 13.2. The number of esters is 1. The van der Waals surface area contributed by atoms with Crippen LogP contribution in [0.25, 0.3) is 11.1 Å². The average Bonchev–Trinajstić information content (AvgIpc) is 4.10. The van der Waals surface area contributed by atoms with Crippen molar-refractivity contribution < 1.29 is 60.0 Å². The Kier molecular flexibility index (Phi) is 16.1. The first kappa shape index (κ1) is 54.2. The number of hydrogen-bond acceptors (Lipinski definition) is 12. The number of primary amides is 1. The van der Waals surface area contributed by atoms with E-state index in [0.29, 0.717) is 12.8 Å². The Bertz CT molecular complexity index is 2520. The minimum absolute atomic E-state index is 0.00632. The fourth-order valence-electron chi connectivity index (χ4n) is 10.3. The number of nitrogens with two attached hydrogens (primary N) is 1. The highest BCUT2D eigenvalue weighted by Gasteiger charge is 2.50. The summed E-state index contributed by atoms with van der Waals surface area (Å²) in [4.78, 5) is 116. The van der Waals surface area contributed by atoms with Crippen LogP contribution >= 0.6 is 0 Å². The lowest BCUT2D eigenvalue weighted by atomic mass is 9.98. The van der Waals surface area contributed by atoms with Crippen LogP contribution in [0.3, 0.4) is 0 Å². The van der Waals surface area contributed by atoms with Crippen molar-refractivity contribution >= 4 is 47.5 Å². The third kappa shape index (κ3) is 14.0. The van der Waals surface area contributed by atoms with Crippen molar-refractivity contribution in [3.63, 3.8) is 0 Å². The summed E-state index contributed by atoms with van der Waals surface area (Å²) in [7, 11) is 0. The van der Waals surface area contributed by atoms with Crippen LogP contribution in [0.5, 0.6) is 0 Å². The SMILES string of the molecule is [2H]C([2H])(C[C@H](NC(=O)[C@@H]1C[C@@H](OC(C)(C)C)CN1C(=O)OCC1c2ccccc2-c2ccccc21)C(=O)NC(C)(C)C(=O)N1C[C@H](OC(C)(C)C)C[C@H]1C(=O)NC(C)(C)C(=O)N1CCC[C@H]1C(=O)OC(C)(C)C)C(N)=O. The summed E-state index contributed by atoms with van der Waals surface area (Å²) in [6, 6.07) is 10.4. The van der Waals surface area contributed by atoms with E-state index in [9.17, 15) is 38.4 Å². The van der Waals surface area contributed by atoms with Gasteiger partial charge in [0.15, 0.2) is 0 Å². The number of nitrogens with one attached hydrogen (secondary N) is 3. The molecule has 19 nitrogen and oxygen atoms in total. The van der Waals surface area contributed by atoms with E-state index in [-0.39, 0.29) is 45.0 Å². The molecule has 4 aliphatic rings. The molecule has 6 rings (SSSR count). The normalized spacial score (nSPS) is 22.2. The number of ether oxygens (including phenoxy) is 4. The van der Waals surface area contributed by atoms with E-state index in [1.165, 1.54) is 42.4 Å². The standard InChI is InChI=1S/C55H79N7O12/c1-51(2,3)72-32-28-42(46(66)59-54(10,11)48(68)60-26-18-23-40(60)47(67)74-53(7,8)9)61(29-32)49(69)55(12,13)58-44(64)39(24-25-43(56)63)57-45(65)41-27-33(73-52(4,5)6)30-62(41)50(70)71-31-38-36-21-16-14-19-34(36)35-20-15-17-22-37(35)38/h14-17,19-22,32-33,38-42H,18,23-31H2,1-13H3,(H2,56,63)(H,57,65)(H,58,64)(H,59,66)/t32-,33-,39+,40+,41+,42+/m1/s1/i25D2. The lowest BCUT2D eigenvalue weighted by molar-refractivity contribution is -0.164. The molecular weight excluding hydrogens is 951 g/mol. The molecule has 3 heterocycles. The van der Waals surface area contributed by atoms with Gasteiger partial charge in [-0.15, -0.1) is 0 Å². The number of carbonyl (C=O) groups excluding carboxylic acids is 8. The number of likely N-dealkylation sites (tertiary alicyclic amines) is 3. The minimum Gasteiger partial charge on any atom is -0.458 e. The highest BCUT2D eigenvalue weighted by Crippen LogP contribution is 2.45. The predicted octanol–water partition coefficient (Wildman–Crippen LogP) is 4.85. The number of amides is 7. The molecule has 3 aliphatic heterocycles. The molecule has 6 atom stereocenters. The molecule has 5 N–H and O–H groups in total. The highest BCUT2D eigenvalue weighted by molar-refractivity contribution is 5.99. The average molecular weight is 1030 g/mol. The lowest BCUT2D eigenvalue weighted by Gasteiger charge is -2.37. The summed E-state index contributed by atoms with van der Waals surface area (Å²) < 4.78 is 41.0. The van der Waals surface area contributed by atoms with E-state index < -0.39 is 125 Å².